The highest BCUT2D eigenvalue weighted by Crippen LogP contribution is 2.35. The molecule has 18 heavy (non-hydrogen) atoms. The van der Waals surface area contributed by atoms with E-state index < -0.39 is 0 Å². The fourth-order valence-electron chi connectivity index (χ4n) is 3.85. The molecule has 2 aliphatic rings. The van der Waals surface area contributed by atoms with E-state index in [2.05, 4.69) is 49.8 Å². The van der Waals surface area contributed by atoms with Crippen LogP contribution in [0.25, 0.3) is 0 Å². The zero-order valence-electron chi connectivity index (χ0n) is 12.5. The molecule has 2 rings (SSSR count). The summed E-state index contributed by atoms with van der Waals surface area (Å²) in [6.45, 7) is 9.88. The van der Waals surface area contributed by atoms with E-state index in [1.807, 2.05) is 0 Å². The van der Waals surface area contributed by atoms with E-state index in [0.29, 0.717) is 0 Å². The van der Waals surface area contributed by atoms with Gasteiger partial charge >= 0.3 is 0 Å². The van der Waals surface area contributed by atoms with Gasteiger partial charge in [-0.3, -0.25) is 4.90 Å². The summed E-state index contributed by atoms with van der Waals surface area (Å²) in [5, 5.41) is 3.59. The van der Waals surface area contributed by atoms with E-state index in [1.165, 1.54) is 37.4 Å². The van der Waals surface area contributed by atoms with Crippen LogP contribution in [0.4, 0.5) is 0 Å². The molecule has 0 spiro atoms. The van der Waals surface area contributed by atoms with Gasteiger partial charge in [-0.1, -0.05) is 13.8 Å². The van der Waals surface area contributed by atoms with Crippen molar-refractivity contribution >= 4 is 11.8 Å². The van der Waals surface area contributed by atoms with Crippen LogP contribution in [-0.2, 0) is 0 Å². The Morgan fingerprint density at radius 1 is 1.22 bits per heavy atom. The van der Waals surface area contributed by atoms with E-state index in [0.717, 1.165) is 29.8 Å². The standard InChI is InChI=1S/C15H30N2S/c1-11-7-12(2)14(15(8-11)16-4)9-17-5-6-18-10-13(17)3/h11-16H,5-10H2,1-4H3. The Hall–Kier alpha value is 0.270. The fourth-order valence-corrected chi connectivity index (χ4v) is 4.94. The van der Waals surface area contributed by atoms with Crippen LogP contribution in [0.15, 0.2) is 0 Å². The minimum Gasteiger partial charge on any atom is -0.317 e. The van der Waals surface area contributed by atoms with Crippen molar-refractivity contribution in [2.45, 2.75) is 45.7 Å². The van der Waals surface area contributed by atoms with Crippen molar-refractivity contribution in [1.29, 1.82) is 0 Å². The fraction of sp³-hybridized carbons (Fsp3) is 1.00. The second-order valence-corrected chi connectivity index (χ2v) is 7.68. The Bertz CT molecular complexity index is 259. The average Bonchev–Trinajstić information content (AvgIpc) is 2.34. The van der Waals surface area contributed by atoms with Crippen molar-refractivity contribution in [3.63, 3.8) is 0 Å². The predicted octanol–water partition coefficient (Wildman–Crippen LogP) is 2.69. The maximum absolute atomic E-state index is 3.59. The summed E-state index contributed by atoms with van der Waals surface area (Å²) < 4.78 is 0. The number of hydrogen-bond donors (Lipinski definition) is 1. The van der Waals surface area contributed by atoms with Gasteiger partial charge in [0.2, 0.25) is 0 Å². The normalized spacial score (nSPS) is 43.0. The van der Waals surface area contributed by atoms with E-state index in [-0.39, 0.29) is 0 Å². The van der Waals surface area contributed by atoms with Gasteiger partial charge in [-0.05, 0) is 44.6 Å². The molecule has 1 saturated carbocycles. The molecule has 1 aliphatic heterocycles. The molecule has 1 heterocycles. The molecule has 2 nitrogen and oxygen atoms in total. The number of hydrogen-bond acceptors (Lipinski definition) is 3. The first-order valence-corrected chi connectivity index (χ1v) is 8.76. The molecule has 0 amide bonds. The minimum atomic E-state index is 0.727. The molecule has 5 atom stereocenters. The van der Waals surface area contributed by atoms with E-state index in [4.69, 9.17) is 0 Å². The SMILES string of the molecule is CNC1CC(C)CC(C)C1CN1CCSCC1C. The molecule has 2 fully saturated rings. The molecular formula is C15H30N2S. The summed E-state index contributed by atoms with van der Waals surface area (Å²) in [5.41, 5.74) is 0. The lowest BCUT2D eigenvalue weighted by atomic mass is 9.72. The average molecular weight is 270 g/mol. The quantitative estimate of drug-likeness (QED) is 0.849. The van der Waals surface area contributed by atoms with Crippen LogP contribution >= 0.6 is 11.8 Å². The van der Waals surface area contributed by atoms with Crippen LogP contribution in [0.5, 0.6) is 0 Å². The largest absolute Gasteiger partial charge is 0.317 e. The van der Waals surface area contributed by atoms with Crippen LogP contribution in [0.3, 0.4) is 0 Å². The number of rotatable bonds is 3. The molecule has 0 bridgehead atoms. The van der Waals surface area contributed by atoms with Gasteiger partial charge in [0.05, 0.1) is 0 Å². The maximum Gasteiger partial charge on any atom is 0.0158 e. The molecule has 5 unspecified atom stereocenters. The van der Waals surface area contributed by atoms with Crippen molar-refractivity contribution < 1.29 is 0 Å². The first-order chi connectivity index (χ1) is 8.61. The minimum absolute atomic E-state index is 0.727. The van der Waals surface area contributed by atoms with E-state index >= 15 is 0 Å². The molecule has 3 heteroatoms. The van der Waals surface area contributed by atoms with Crippen molar-refractivity contribution in [3.8, 4) is 0 Å². The summed E-state index contributed by atoms with van der Waals surface area (Å²) in [7, 11) is 2.15. The lowest BCUT2D eigenvalue weighted by Crippen LogP contribution is -2.51. The highest BCUT2D eigenvalue weighted by molar-refractivity contribution is 7.99. The van der Waals surface area contributed by atoms with Gasteiger partial charge in [0, 0.05) is 36.7 Å². The first-order valence-electron chi connectivity index (χ1n) is 7.60. The zero-order chi connectivity index (χ0) is 13.1. The summed E-state index contributed by atoms with van der Waals surface area (Å²) in [5.74, 6) is 5.25. The number of thioether (sulfide) groups is 1. The van der Waals surface area contributed by atoms with Gasteiger partial charge in [-0.25, -0.2) is 0 Å². The lowest BCUT2D eigenvalue weighted by Gasteiger charge is -2.44. The molecule has 0 aromatic rings. The first kappa shape index (κ1) is 14.7. The molecule has 0 radical (unpaired) electrons. The Morgan fingerprint density at radius 3 is 2.67 bits per heavy atom. The number of nitrogens with zero attached hydrogens (tertiary/aromatic N) is 1. The van der Waals surface area contributed by atoms with Crippen LogP contribution in [-0.4, -0.2) is 48.6 Å². The third-order valence-electron chi connectivity index (χ3n) is 5.00. The second-order valence-electron chi connectivity index (χ2n) is 6.53. The van der Waals surface area contributed by atoms with Crippen LogP contribution < -0.4 is 5.32 Å². The van der Waals surface area contributed by atoms with Crippen LogP contribution in [0, 0.1) is 17.8 Å². The van der Waals surface area contributed by atoms with Gasteiger partial charge < -0.3 is 5.32 Å². The Balaban J connectivity index is 1.96. The molecule has 1 N–H and O–H groups in total. The summed E-state index contributed by atoms with van der Waals surface area (Å²) >= 11 is 2.12. The topological polar surface area (TPSA) is 15.3 Å². The molecule has 1 saturated heterocycles. The zero-order valence-corrected chi connectivity index (χ0v) is 13.3. The van der Waals surface area contributed by atoms with Crippen molar-refractivity contribution in [2.75, 3.05) is 31.6 Å². The smallest absolute Gasteiger partial charge is 0.0158 e. The van der Waals surface area contributed by atoms with Crippen molar-refractivity contribution in [2.24, 2.45) is 17.8 Å². The van der Waals surface area contributed by atoms with Gasteiger partial charge in [-0.15, -0.1) is 0 Å². The second kappa shape index (κ2) is 6.62. The van der Waals surface area contributed by atoms with Crippen molar-refractivity contribution in [3.05, 3.63) is 0 Å². The van der Waals surface area contributed by atoms with E-state index in [1.54, 1.807) is 0 Å². The molecular weight excluding hydrogens is 240 g/mol. The molecule has 0 aromatic carbocycles. The van der Waals surface area contributed by atoms with E-state index in [9.17, 15) is 0 Å². The predicted molar refractivity (Wildman–Crippen MR) is 82.3 cm³/mol. The Labute approximate surface area is 117 Å². The Morgan fingerprint density at radius 2 is 2.00 bits per heavy atom. The maximum atomic E-state index is 3.59. The highest BCUT2D eigenvalue weighted by atomic mass is 32.2. The summed E-state index contributed by atoms with van der Waals surface area (Å²) in [6, 6.07) is 1.50. The lowest BCUT2D eigenvalue weighted by molar-refractivity contribution is 0.0928. The molecule has 1 aliphatic carbocycles. The highest BCUT2D eigenvalue weighted by Gasteiger charge is 2.35. The van der Waals surface area contributed by atoms with Gasteiger partial charge in [-0.2, -0.15) is 11.8 Å². The molecule has 0 aromatic heterocycles. The van der Waals surface area contributed by atoms with Gasteiger partial charge in [0.1, 0.15) is 0 Å². The third kappa shape index (κ3) is 3.43. The van der Waals surface area contributed by atoms with Crippen LogP contribution in [0.2, 0.25) is 0 Å². The van der Waals surface area contributed by atoms with Crippen molar-refractivity contribution in [1.82, 2.24) is 10.2 Å². The van der Waals surface area contributed by atoms with Gasteiger partial charge in [0.25, 0.3) is 0 Å². The summed E-state index contributed by atoms with van der Waals surface area (Å²) in [6.07, 6.45) is 2.78. The number of nitrogens with one attached hydrogen (secondary N) is 1. The summed E-state index contributed by atoms with van der Waals surface area (Å²) in [4.78, 5) is 2.73. The third-order valence-corrected chi connectivity index (χ3v) is 6.19. The van der Waals surface area contributed by atoms with Gasteiger partial charge in [0.15, 0.2) is 0 Å². The van der Waals surface area contributed by atoms with Crippen LogP contribution in [0.1, 0.15) is 33.6 Å². The monoisotopic (exact) mass is 270 g/mol. The molecule has 106 valence electrons. The Kier molecular flexibility index (Phi) is 5.40.